The van der Waals surface area contributed by atoms with E-state index in [4.69, 9.17) is 0 Å². The molecule has 19 heavy (non-hydrogen) atoms. The van der Waals surface area contributed by atoms with Gasteiger partial charge in [0.05, 0.1) is 6.07 Å². The van der Waals surface area contributed by atoms with Gasteiger partial charge in [0.1, 0.15) is 5.54 Å². The molecule has 0 aliphatic heterocycles. The highest BCUT2D eigenvalue weighted by atomic mass is 16.1. The molecule has 0 aromatic carbocycles. The second-order valence-corrected chi connectivity index (χ2v) is 6.06. The number of rotatable bonds is 3. The van der Waals surface area contributed by atoms with Crippen LogP contribution in [0.4, 0.5) is 0 Å². The summed E-state index contributed by atoms with van der Waals surface area (Å²) in [4.78, 5) is 12.2. The third-order valence-electron chi connectivity index (χ3n) is 4.85. The van der Waals surface area contributed by atoms with Crippen molar-refractivity contribution in [2.75, 3.05) is 7.05 Å². The molecule has 2 fully saturated rings. The van der Waals surface area contributed by atoms with Crippen molar-refractivity contribution >= 4 is 5.91 Å². The second kappa shape index (κ2) is 6.38. The van der Waals surface area contributed by atoms with E-state index < -0.39 is 5.54 Å². The molecule has 2 aliphatic carbocycles. The first-order valence-electron chi connectivity index (χ1n) is 7.60. The first-order chi connectivity index (χ1) is 9.19. The van der Waals surface area contributed by atoms with Crippen molar-refractivity contribution in [1.29, 1.82) is 5.26 Å². The minimum Gasteiger partial charge on any atom is -0.353 e. The molecule has 0 saturated heterocycles. The van der Waals surface area contributed by atoms with Crippen molar-refractivity contribution in [1.82, 2.24) is 10.6 Å². The molecule has 2 rings (SSSR count). The standard InChI is InChI=1S/C15H25N3O/c1-17-15(11-16)9-7-12(8-10-15)14(19)18-13-5-3-2-4-6-13/h12-13,17H,2-10H2,1H3,(H,18,19). The topological polar surface area (TPSA) is 64.9 Å². The average molecular weight is 263 g/mol. The smallest absolute Gasteiger partial charge is 0.223 e. The van der Waals surface area contributed by atoms with Gasteiger partial charge in [0, 0.05) is 12.0 Å². The lowest BCUT2D eigenvalue weighted by atomic mass is 9.77. The zero-order valence-electron chi connectivity index (χ0n) is 11.9. The van der Waals surface area contributed by atoms with Crippen LogP contribution in [0.3, 0.4) is 0 Å². The molecule has 106 valence electrons. The number of nitrogens with one attached hydrogen (secondary N) is 2. The molecule has 2 saturated carbocycles. The number of carbonyl (C=O) groups excluding carboxylic acids is 1. The third kappa shape index (κ3) is 3.48. The highest BCUT2D eigenvalue weighted by Gasteiger charge is 2.36. The number of nitrogens with zero attached hydrogens (tertiary/aromatic N) is 1. The third-order valence-corrected chi connectivity index (χ3v) is 4.85. The summed E-state index contributed by atoms with van der Waals surface area (Å²) < 4.78 is 0. The van der Waals surface area contributed by atoms with Gasteiger partial charge < -0.3 is 10.6 Å². The number of hydrogen-bond donors (Lipinski definition) is 2. The Morgan fingerprint density at radius 2 is 1.79 bits per heavy atom. The summed E-state index contributed by atoms with van der Waals surface area (Å²) >= 11 is 0. The Labute approximate surface area is 115 Å². The molecule has 4 heteroatoms. The van der Waals surface area contributed by atoms with Gasteiger partial charge >= 0.3 is 0 Å². The molecule has 1 amide bonds. The SMILES string of the molecule is CNC1(C#N)CCC(C(=O)NC2CCCCC2)CC1. The van der Waals surface area contributed by atoms with Crippen LogP contribution < -0.4 is 10.6 Å². The number of hydrogen-bond acceptors (Lipinski definition) is 3. The van der Waals surface area contributed by atoms with E-state index in [0.29, 0.717) is 6.04 Å². The largest absolute Gasteiger partial charge is 0.353 e. The summed E-state index contributed by atoms with van der Waals surface area (Å²) in [6.45, 7) is 0. The molecule has 2 aliphatic rings. The first-order valence-corrected chi connectivity index (χ1v) is 7.60. The predicted molar refractivity (Wildman–Crippen MR) is 74.4 cm³/mol. The van der Waals surface area contributed by atoms with Gasteiger partial charge in [0.15, 0.2) is 0 Å². The zero-order chi connectivity index (χ0) is 13.7. The van der Waals surface area contributed by atoms with Crippen molar-refractivity contribution < 1.29 is 4.79 Å². The minimum atomic E-state index is -0.401. The summed E-state index contributed by atoms with van der Waals surface area (Å²) in [5.41, 5.74) is -0.401. The zero-order valence-corrected chi connectivity index (χ0v) is 11.9. The van der Waals surface area contributed by atoms with E-state index in [0.717, 1.165) is 38.5 Å². The van der Waals surface area contributed by atoms with Gasteiger partial charge in [-0.2, -0.15) is 5.26 Å². The fourth-order valence-electron chi connectivity index (χ4n) is 3.36. The molecular formula is C15H25N3O. The molecule has 0 heterocycles. The summed E-state index contributed by atoms with van der Waals surface area (Å²) in [5, 5.41) is 15.5. The van der Waals surface area contributed by atoms with E-state index in [2.05, 4.69) is 16.7 Å². The Hall–Kier alpha value is -1.08. The van der Waals surface area contributed by atoms with Crippen LogP contribution in [0.5, 0.6) is 0 Å². The Balaban J connectivity index is 1.80. The van der Waals surface area contributed by atoms with E-state index in [9.17, 15) is 10.1 Å². The van der Waals surface area contributed by atoms with Gasteiger partial charge in [-0.1, -0.05) is 19.3 Å². The van der Waals surface area contributed by atoms with Crippen molar-refractivity contribution in [2.24, 2.45) is 5.92 Å². The van der Waals surface area contributed by atoms with Crippen molar-refractivity contribution in [3.05, 3.63) is 0 Å². The maximum Gasteiger partial charge on any atom is 0.223 e. The molecular weight excluding hydrogens is 238 g/mol. The van der Waals surface area contributed by atoms with Gasteiger partial charge in [-0.05, 0) is 45.6 Å². The maximum absolute atomic E-state index is 12.2. The maximum atomic E-state index is 12.2. The lowest BCUT2D eigenvalue weighted by Gasteiger charge is -2.35. The van der Waals surface area contributed by atoms with Crippen LogP contribution in [0.25, 0.3) is 0 Å². The molecule has 0 radical (unpaired) electrons. The predicted octanol–water partition coefficient (Wildman–Crippen LogP) is 2.11. The first kappa shape index (κ1) is 14.3. The molecule has 0 bridgehead atoms. The average Bonchev–Trinajstić information content (AvgIpc) is 2.48. The van der Waals surface area contributed by atoms with Crippen LogP contribution >= 0.6 is 0 Å². The highest BCUT2D eigenvalue weighted by Crippen LogP contribution is 2.32. The Morgan fingerprint density at radius 1 is 1.16 bits per heavy atom. The normalized spacial score (nSPS) is 32.5. The van der Waals surface area contributed by atoms with Crippen molar-refractivity contribution in [3.63, 3.8) is 0 Å². The summed E-state index contributed by atoms with van der Waals surface area (Å²) in [6, 6.07) is 2.76. The van der Waals surface area contributed by atoms with Crippen LogP contribution in [0.15, 0.2) is 0 Å². The number of nitriles is 1. The van der Waals surface area contributed by atoms with E-state index in [-0.39, 0.29) is 11.8 Å². The summed E-state index contributed by atoms with van der Waals surface area (Å²) in [7, 11) is 1.84. The Kier molecular flexibility index (Phi) is 4.81. The van der Waals surface area contributed by atoms with Crippen LogP contribution in [0.1, 0.15) is 57.8 Å². The fourth-order valence-corrected chi connectivity index (χ4v) is 3.36. The van der Waals surface area contributed by atoms with E-state index in [1.807, 2.05) is 7.05 Å². The van der Waals surface area contributed by atoms with E-state index in [1.165, 1.54) is 19.3 Å². The molecule has 0 unspecified atom stereocenters. The van der Waals surface area contributed by atoms with Crippen molar-refractivity contribution in [3.8, 4) is 6.07 Å². The van der Waals surface area contributed by atoms with E-state index in [1.54, 1.807) is 0 Å². The van der Waals surface area contributed by atoms with Crippen LogP contribution in [0.2, 0.25) is 0 Å². The van der Waals surface area contributed by atoms with Crippen molar-refractivity contribution in [2.45, 2.75) is 69.4 Å². The molecule has 0 spiro atoms. The van der Waals surface area contributed by atoms with Crippen LogP contribution in [0, 0.1) is 17.2 Å². The quantitative estimate of drug-likeness (QED) is 0.819. The van der Waals surface area contributed by atoms with Gasteiger partial charge in [-0.15, -0.1) is 0 Å². The van der Waals surface area contributed by atoms with Gasteiger partial charge in [-0.25, -0.2) is 0 Å². The molecule has 0 aromatic heterocycles. The van der Waals surface area contributed by atoms with Gasteiger partial charge in [0.25, 0.3) is 0 Å². The Morgan fingerprint density at radius 3 is 2.32 bits per heavy atom. The van der Waals surface area contributed by atoms with Crippen LogP contribution in [-0.2, 0) is 4.79 Å². The number of amides is 1. The second-order valence-electron chi connectivity index (χ2n) is 6.06. The Bertz CT molecular complexity index is 347. The molecule has 2 N–H and O–H groups in total. The van der Waals surface area contributed by atoms with E-state index >= 15 is 0 Å². The molecule has 0 aromatic rings. The fraction of sp³-hybridized carbons (Fsp3) is 0.867. The minimum absolute atomic E-state index is 0.108. The van der Waals surface area contributed by atoms with Gasteiger partial charge in [-0.3, -0.25) is 4.79 Å². The monoisotopic (exact) mass is 263 g/mol. The summed E-state index contributed by atoms with van der Waals surface area (Å²) in [6.07, 6.45) is 9.28. The van der Waals surface area contributed by atoms with Gasteiger partial charge in [0.2, 0.25) is 5.91 Å². The molecule has 0 atom stereocenters. The number of carbonyl (C=O) groups is 1. The van der Waals surface area contributed by atoms with Crippen LogP contribution in [-0.4, -0.2) is 24.5 Å². The molecule has 4 nitrogen and oxygen atoms in total. The summed E-state index contributed by atoms with van der Waals surface area (Å²) in [5.74, 6) is 0.325. The lowest BCUT2D eigenvalue weighted by molar-refractivity contribution is -0.127. The lowest BCUT2D eigenvalue weighted by Crippen LogP contribution is -2.48. The highest BCUT2D eigenvalue weighted by molar-refractivity contribution is 5.79.